The van der Waals surface area contributed by atoms with Crippen molar-refractivity contribution in [3.63, 3.8) is 0 Å². The Kier molecular flexibility index (Phi) is 3.11. The maximum absolute atomic E-state index is 4.38. The highest BCUT2D eigenvalue weighted by molar-refractivity contribution is 5.93. The first-order valence-electron chi connectivity index (χ1n) is 6.35. The summed E-state index contributed by atoms with van der Waals surface area (Å²) in [5.74, 6) is 0. The van der Waals surface area contributed by atoms with Crippen LogP contribution in [0.15, 0.2) is 61.1 Å². The van der Waals surface area contributed by atoms with E-state index in [0.29, 0.717) is 0 Å². The first kappa shape index (κ1) is 11.7. The Hall–Kier alpha value is -2.42. The fourth-order valence-electron chi connectivity index (χ4n) is 2.19. The van der Waals surface area contributed by atoms with Gasteiger partial charge >= 0.3 is 0 Å². The molecule has 3 aromatic rings. The molecule has 1 N–H and O–H groups in total. The van der Waals surface area contributed by atoms with E-state index in [0.717, 1.165) is 16.8 Å². The highest BCUT2D eigenvalue weighted by Crippen LogP contribution is 2.25. The van der Waals surface area contributed by atoms with Crippen LogP contribution in [0.2, 0.25) is 0 Å². The van der Waals surface area contributed by atoms with Gasteiger partial charge in [0.2, 0.25) is 0 Å². The molecule has 1 aromatic carbocycles. The molecule has 2 aromatic heterocycles. The molecule has 0 spiro atoms. The topological polar surface area (TPSA) is 37.8 Å². The van der Waals surface area contributed by atoms with E-state index in [4.69, 9.17) is 0 Å². The van der Waals surface area contributed by atoms with Crippen LogP contribution in [-0.4, -0.2) is 9.97 Å². The molecular formula is C16H15N3. The molecule has 1 atom stereocenters. The molecule has 0 amide bonds. The Labute approximate surface area is 112 Å². The average molecular weight is 249 g/mol. The molecule has 0 saturated heterocycles. The van der Waals surface area contributed by atoms with Crippen LogP contribution in [0.25, 0.3) is 10.8 Å². The van der Waals surface area contributed by atoms with Crippen LogP contribution in [-0.2, 0) is 0 Å². The molecule has 0 fully saturated rings. The molecule has 19 heavy (non-hydrogen) atoms. The van der Waals surface area contributed by atoms with Crippen LogP contribution in [0.4, 0.5) is 5.69 Å². The molecule has 1 unspecified atom stereocenters. The summed E-state index contributed by atoms with van der Waals surface area (Å²) in [6, 6.07) is 14.4. The zero-order valence-corrected chi connectivity index (χ0v) is 10.7. The number of nitrogens with one attached hydrogen (secondary N) is 1. The standard InChI is InChI=1S/C16H15N3/c1-12(15-6-2-3-9-18-15)19-16-7-4-5-13-11-17-10-8-14(13)16/h2-12,19H,1H3. The molecule has 0 radical (unpaired) electrons. The van der Waals surface area contributed by atoms with Crippen molar-refractivity contribution in [2.24, 2.45) is 0 Å². The summed E-state index contributed by atoms with van der Waals surface area (Å²) in [6.07, 6.45) is 5.52. The quantitative estimate of drug-likeness (QED) is 0.767. The highest BCUT2D eigenvalue weighted by Gasteiger charge is 2.07. The maximum Gasteiger partial charge on any atom is 0.0657 e. The monoisotopic (exact) mass is 249 g/mol. The second kappa shape index (κ2) is 5.06. The first-order valence-corrected chi connectivity index (χ1v) is 6.35. The van der Waals surface area contributed by atoms with Gasteiger partial charge in [0.25, 0.3) is 0 Å². The third-order valence-electron chi connectivity index (χ3n) is 3.18. The van der Waals surface area contributed by atoms with E-state index in [1.165, 1.54) is 5.39 Å². The summed E-state index contributed by atoms with van der Waals surface area (Å²) in [6.45, 7) is 2.11. The van der Waals surface area contributed by atoms with Gasteiger partial charge in [-0.1, -0.05) is 18.2 Å². The number of fused-ring (bicyclic) bond motifs is 1. The number of nitrogens with zero attached hydrogens (tertiary/aromatic N) is 2. The second-order valence-corrected chi connectivity index (χ2v) is 4.52. The molecule has 2 heterocycles. The lowest BCUT2D eigenvalue weighted by Crippen LogP contribution is -2.08. The van der Waals surface area contributed by atoms with Gasteiger partial charge in [-0.25, -0.2) is 0 Å². The third kappa shape index (κ3) is 2.40. The molecule has 0 aliphatic rings. The third-order valence-corrected chi connectivity index (χ3v) is 3.18. The normalized spacial score (nSPS) is 12.3. The van der Waals surface area contributed by atoms with E-state index in [1.807, 2.05) is 48.9 Å². The zero-order valence-electron chi connectivity index (χ0n) is 10.7. The van der Waals surface area contributed by atoms with Gasteiger partial charge in [-0.05, 0) is 31.2 Å². The van der Waals surface area contributed by atoms with Gasteiger partial charge in [0.1, 0.15) is 0 Å². The molecule has 94 valence electrons. The van der Waals surface area contributed by atoms with Gasteiger partial charge in [-0.15, -0.1) is 0 Å². The summed E-state index contributed by atoms with van der Waals surface area (Å²) < 4.78 is 0. The van der Waals surface area contributed by atoms with Crippen molar-refractivity contribution >= 4 is 16.5 Å². The van der Waals surface area contributed by atoms with Gasteiger partial charge in [-0.3, -0.25) is 9.97 Å². The van der Waals surface area contributed by atoms with E-state index < -0.39 is 0 Å². The number of benzene rings is 1. The maximum atomic E-state index is 4.38. The van der Waals surface area contributed by atoms with E-state index in [9.17, 15) is 0 Å². The van der Waals surface area contributed by atoms with Gasteiger partial charge in [0.15, 0.2) is 0 Å². The van der Waals surface area contributed by atoms with E-state index in [-0.39, 0.29) is 6.04 Å². The number of hydrogen-bond acceptors (Lipinski definition) is 3. The molecule has 0 saturated carbocycles. The van der Waals surface area contributed by atoms with Crippen LogP contribution in [0, 0.1) is 0 Å². The molecule has 3 heteroatoms. The number of rotatable bonds is 3. The number of anilines is 1. The van der Waals surface area contributed by atoms with Crippen LogP contribution in [0.5, 0.6) is 0 Å². The predicted molar refractivity (Wildman–Crippen MR) is 78.0 cm³/mol. The smallest absolute Gasteiger partial charge is 0.0657 e. The van der Waals surface area contributed by atoms with Crippen LogP contribution < -0.4 is 5.32 Å². The molecular weight excluding hydrogens is 234 g/mol. The molecule has 3 rings (SSSR count). The van der Waals surface area contributed by atoms with E-state index in [2.05, 4.69) is 34.3 Å². The molecule has 0 bridgehead atoms. The lowest BCUT2D eigenvalue weighted by Gasteiger charge is -2.16. The Morgan fingerprint density at radius 3 is 2.79 bits per heavy atom. The van der Waals surface area contributed by atoms with Gasteiger partial charge < -0.3 is 5.32 Å². The second-order valence-electron chi connectivity index (χ2n) is 4.52. The van der Waals surface area contributed by atoms with Crippen molar-refractivity contribution in [2.45, 2.75) is 13.0 Å². The van der Waals surface area contributed by atoms with E-state index in [1.54, 1.807) is 0 Å². The van der Waals surface area contributed by atoms with Crippen molar-refractivity contribution in [1.82, 2.24) is 9.97 Å². The van der Waals surface area contributed by atoms with Crippen molar-refractivity contribution in [1.29, 1.82) is 0 Å². The lowest BCUT2D eigenvalue weighted by atomic mass is 10.1. The Morgan fingerprint density at radius 2 is 1.95 bits per heavy atom. The minimum absolute atomic E-state index is 0.167. The number of aromatic nitrogens is 2. The Morgan fingerprint density at radius 1 is 1.00 bits per heavy atom. The summed E-state index contributed by atoms with van der Waals surface area (Å²) in [5, 5.41) is 5.83. The van der Waals surface area contributed by atoms with Crippen molar-refractivity contribution in [3.8, 4) is 0 Å². The Bertz CT molecular complexity index is 674. The number of hydrogen-bond donors (Lipinski definition) is 1. The molecule has 0 aliphatic carbocycles. The first-order chi connectivity index (χ1) is 9.34. The van der Waals surface area contributed by atoms with Crippen molar-refractivity contribution in [2.75, 3.05) is 5.32 Å². The fraction of sp³-hybridized carbons (Fsp3) is 0.125. The van der Waals surface area contributed by atoms with Gasteiger partial charge in [-0.2, -0.15) is 0 Å². The summed E-state index contributed by atoms with van der Waals surface area (Å²) in [7, 11) is 0. The lowest BCUT2D eigenvalue weighted by molar-refractivity contribution is 0.841. The van der Waals surface area contributed by atoms with Crippen molar-refractivity contribution < 1.29 is 0 Å². The summed E-state index contributed by atoms with van der Waals surface area (Å²) in [5.41, 5.74) is 2.15. The summed E-state index contributed by atoms with van der Waals surface area (Å²) >= 11 is 0. The van der Waals surface area contributed by atoms with Gasteiger partial charge in [0.05, 0.1) is 11.7 Å². The minimum atomic E-state index is 0.167. The SMILES string of the molecule is CC(Nc1cccc2cnccc12)c1ccccn1. The number of pyridine rings is 2. The largest absolute Gasteiger partial charge is 0.376 e. The van der Waals surface area contributed by atoms with Gasteiger partial charge in [0, 0.05) is 35.1 Å². The zero-order chi connectivity index (χ0) is 13.1. The predicted octanol–water partition coefficient (Wildman–Crippen LogP) is 3.80. The molecule has 0 aliphatic heterocycles. The van der Waals surface area contributed by atoms with Crippen LogP contribution >= 0.6 is 0 Å². The van der Waals surface area contributed by atoms with E-state index >= 15 is 0 Å². The fourth-order valence-corrected chi connectivity index (χ4v) is 2.19. The van der Waals surface area contributed by atoms with Crippen LogP contribution in [0.1, 0.15) is 18.7 Å². The highest BCUT2D eigenvalue weighted by atomic mass is 14.9. The Balaban J connectivity index is 1.94. The summed E-state index contributed by atoms with van der Waals surface area (Å²) in [4.78, 5) is 8.53. The van der Waals surface area contributed by atoms with Crippen molar-refractivity contribution in [3.05, 3.63) is 66.7 Å². The van der Waals surface area contributed by atoms with Crippen LogP contribution in [0.3, 0.4) is 0 Å². The minimum Gasteiger partial charge on any atom is -0.376 e. The average Bonchev–Trinajstić information content (AvgIpc) is 2.48. The molecule has 3 nitrogen and oxygen atoms in total.